The van der Waals surface area contributed by atoms with Crippen molar-refractivity contribution in [2.24, 2.45) is 5.41 Å². The molecule has 0 aromatic heterocycles. The van der Waals surface area contributed by atoms with Crippen molar-refractivity contribution in [1.29, 1.82) is 0 Å². The van der Waals surface area contributed by atoms with Crippen LogP contribution >= 0.6 is 0 Å². The minimum Gasteiger partial charge on any atom is -0.491 e. The maximum absolute atomic E-state index is 12.5. The molecule has 0 saturated carbocycles. The Morgan fingerprint density at radius 3 is 1.61 bits per heavy atom. The largest absolute Gasteiger partial charge is 0.491 e. The SMILES string of the molecule is CC(C)(C)OC(=O)c1cccc(C(=O)OCC(O)COc2ccc(C(C)(C)c3ccc(OCC(O)C(C)(C)C)cc3)cc2)c1. The van der Waals surface area contributed by atoms with Crippen LogP contribution in [0.2, 0.25) is 0 Å². The van der Waals surface area contributed by atoms with Crippen molar-refractivity contribution >= 4 is 11.9 Å². The van der Waals surface area contributed by atoms with Gasteiger partial charge in [-0.05, 0) is 79.8 Å². The molecule has 2 atom stereocenters. The molecule has 8 nitrogen and oxygen atoms in total. The Labute approximate surface area is 260 Å². The van der Waals surface area contributed by atoms with Gasteiger partial charge in [-0.15, -0.1) is 0 Å². The summed E-state index contributed by atoms with van der Waals surface area (Å²) in [5.74, 6) is 0.0746. The summed E-state index contributed by atoms with van der Waals surface area (Å²) in [7, 11) is 0. The highest BCUT2D eigenvalue weighted by Crippen LogP contribution is 2.33. The van der Waals surface area contributed by atoms with Gasteiger partial charge in [0.2, 0.25) is 0 Å². The minimum absolute atomic E-state index is 0.0701. The van der Waals surface area contributed by atoms with Crippen LogP contribution in [0.3, 0.4) is 0 Å². The predicted molar refractivity (Wildman–Crippen MR) is 169 cm³/mol. The Bertz CT molecular complexity index is 1380. The molecule has 2 N–H and O–H groups in total. The van der Waals surface area contributed by atoms with Crippen molar-refractivity contribution in [2.75, 3.05) is 19.8 Å². The number of carbonyl (C=O) groups excluding carboxylic acids is 2. The molecule has 0 saturated heterocycles. The van der Waals surface area contributed by atoms with Gasteiger partial charge < -0.3 is 29.2 Å². The molecule has 0 bridgehead atoms. The summed E-state index contributed by atoms with van der Waals surface area (Å²) in [6.45, 7) is 15.4. The van der Waals surface area contributed by atoms with Gasteiger partial charge in [-0.25, -0.2) is 9.59 Å². The van der Waals surface area contributed by atoms with Crippen LogP contribution in [0.15, 0.2) is 72.8 Å². The van der Waals surface area contributed by atoms with Crippen LogP contribution < -0.4 is 9.47 Å². The summed E-state index contributed by atoms with van der Waals surface area (Å²) in [4.78, 5) is 24.8. The molecule has 3 aromatic rings. The molecular formula is C36H46O8. The third kappa shape index (κ3) is 10.1. The summed E-state index contributed by atoms with van der Waals surface area (Å²) in [5, 5.41) is 20.6. The molecule has 0 aliphatic heterocycles. The zero-order chi connectivity index (χ0) is 32.7. The minimum atomic E-state index is -1.05. The lowest BCUT2D eigenvalue weighted by Gasteiger charge is -2.27. The molecule has 0 aliphatic rings. The number of esters is 2. The Morgan fingerprint density at radius 1 is 0.659 bits per heavy atom. The van der Waals surface area contributed by atoms with E-state index in [0.29, 0.717) is 11.5 Å². The zero-order valence-electron chi connectivity index (χ0n) is 27.0. The van der Waals surface area contributed by atoms with Gasteiger partial charge in [0.25, 0.3) is 0 Å². The van der Waals surface area contributed by atoms with Gasteiger partial charge in [-0.2, -0.15) is 0 Å². The Kier molecular flexibility index (Phi) is 11.2. The first kappa shape index (κ1) is 34.6. The molecule has 3 rings (SSSR count). The topological polar surface area (TPSA) is 112 Å². The molecule has 0 fully saturated rings. The highest BCUT2D eigenvalue weighted by atomic mass is 16.6. The van der Waals surface area contributed by atoms with E-state index in [1.165, 1.54) is 12.1 Å². The molecule has 2 unspecified atom stereocenters. The lowest BCUT2D eigenvalue weighted by atomic mass is 9.78. The third-order valence-electron chi connectivity index (χ3n) is 7.14. The number of hydrogen-bond acceptors (Lipinski definition) is 8. The monoisotopic (exact) mass is 606 g/mol. The van der Waals surface area contributed by atoms with Gasteiger partial charge in [-0.1, -0.05) is 65.0 Å². The smallest absolute Gasteiger partial charge is 0.338 e. The molecule has 0 spiro atoms. The first-order valence-electron chi connectivity index (χ1n) is 14.8. The van der Waals surface area contributed by atoms with Crippen molar-refractivity contribution in [3.05, 3.63) is 95.1 Å². The summed E-state index contributed by atoms with van der Waals surface area (Å²) in [6.07, 6.45) is -1.61. The molecule has 0 aliphatic carbocycles. The highest BCUT2D eigenvalue weighted by Gasteiger charge is 2.25. The molecule has 44 heavy (non-hydrogen) atoms. The summed E-state index contributed by atoms with van der Waals surface area (Å²) < 4.78 is 22.1. The molecule has 0 heterocycles. The Balaban J connectivity index is 1.50. The van der Waals surface area contributed by atoms with Crippen LogP contribution in [0.4, 0.5) is 0 Å². The normalized spacial score (nSPS) is 13.5. The van der Waals surface area contributed by atoms with E-state index < -0.39 is 29.7 Å². The van der Waals surface area contributed by atoms with Crippen molar-refractivity contribution in [3.8, 4) is 11.5 Å². The van der Waals surface area contributed by atoms with Crippen molar-refractivity contribution in [1.82, 2.24) is 0 Å². The number of carbonyl (C=O) groups is 2. The fourth-order valence-corrected chi connectivity index (χ4v) is 4.13. The second kappa shape index (κ2) is 14.3. The maximum atomic E-state index is 12.5. The molecule has 0 amide bonds. The number of ether oxygens (including phenoxy) is 4. The van der Waals surface area contributed by atoms with Gasteiger partial charge in [0, 0.05) is 5.41 Å². The lowest BCUT2D eigenvalue weighted by Crippen LogP contribution is -2.31. The fourth-order valence-electron chi connectivity index (χ4n) is 4.13. The second-order valence-electron chi connectivity index (χ2n) is 13.5. The van der Waals surface area contributed by atoms with Crippen LogP contribution in [0.25, 0.3) is 0 Å². The molecule has 238 valence electrons. The molecule has 0 radical (unpaired) electrons. The lowest BCUT2D eigenvalue weighted by molar-refractivity contribution is 0.00693. The van der Waals surface area contributed by atoms with Gasteiger partial charge in [0.05, 0.1) is 17.2 Å². The van der Waals surface area contributed by atoms with Crippen molar-refractivity contribution in [2.45, 2.75) is 78.6 Å². The van der Waals surface area contributed by atoms with E-state index in [1.807, 2.05) is 69.3 Å². The van der Waals surface area contributed by atoms with Gasteiger partial charge >= 0.3 is 11.9 Å². The van der Waals surface area contributed by atoms with Crippen molar-refractivity contribution < 1.29 is 38.7 Å². The van der Waals surface area contributed by atoms with E-state index in [0.717, 1.165) is 11.1 Å². The van der Waals surface area contributed by atoms with Crippen LogP contribution in [-0.4, -0.2) is 59.8 Å². The summed E-state index contributed by atoms with van der Waals surface area (Å²) in [6, 6.07) is 21.6. The summed E-state index contributed by atoms with van der Waals surface area (Å²) in [5.41, 5.74) is 1.39. The van der Waals surface area contributed by atoms with E-state index in [4.69, 9.17) is 18.9 Å². The van der Waals surface area contributed by atoms with E-state index in [9.17, 15) is 19.8 Å². The van der Waals surface area contributed by atoms with Crippen LogP contribution in [0.1, 0.15) is 87.2 Å². The second-order valence-corrected chi connectivity index (χ2v) is 13.5. The van der Waals surface area contributed by atoms with E-state index in [2.05, 4.69) is 13.8 Å². The number of hydrogen-bond donors (Lipinski definition) is 2. The van der Waals surface area contributed by atoms with E-state index in [1.54, 1.807) is 32.9 Å². The molecular weight excluding hydrogens is 560 g/mol. The Hall–Kier alpha value is -3.88. The Morgan fingerprint density at radius 2 is 1.14 bits per heavy atom. The molecule has 8 heteroatoms. The summed E-state index contributed by atoms with van der Waals surface area (Å²) >= 11 is 0. The number of benzene rings is 3. The van der Waals surface area contributed by atoms with Gasteiger partial charge in [0.15, 0.2) is 0 Å². The molecule has 3 aromatic carbocycles. The van der Waals surface area contributed by atoms with E-state index >= 15 is 0 Å². The first-order chi connectivity index (χ1) is 20.5. The third-order valence-corrected chi connectivity index (χ3v) is 7.14. The van der Waals surface area contributed by atoms with Crippen LogP contribution in [0, 0.1) is 5.41 Å². The fraction of sp³-hybridized carbons (Fsp3) is 0.444. The number of rotatable bonds is 12. The average Bonchev–Trinajstić information content (AvgIpc) is 2.96. The van der Waals surface area contributed by atoms with Crippen molar-refractivity contribution in [3.63, 3.8) is 0 Å². The first-order valence-corrected chi connectivity index (χ1v) is 14.8. The number of aliphatic hydroxyl groups is 2. The van der Waals surface area contributed by atoms with E-state index in [-0.39, 0.29) is 41.8 Å². The zero-order valence-corrected chi connectivity index (χ0v) is 27.0. The standard InChI is InChI=1S/C36H46O8/c1-34(2,3)31(38)23-42-30-18-14-27(15-19-30)36(7,8)26-12-16-29(17-13-26)41-21-28(37)22-43-32(39)24-10-9-11-25(20-24)33(40)44-35(4,5)6/h9-20,28,31,37-38H,21-23H2,1-8H3. The highest BCUT2D eigenvalue weighted by molar-refractivity contribution is 5.95. The maximum Gasteiger partial charge on any atom is 0.338 e. The van der Waals surface area contributed by atoms with Gasteiger partial charge in [-0.3, -0.25) is 0 Å². The van der Waals surface area contributed by atoms with Gasteiger partial charge in [0.1, 0.15) is 43.0 Å². The number of aliphatic hydroxyl groups excluding tert-OH is 2. The predicted octanol–water partition coefficient (Wildman–Crippen LogP) is 6.35. The average molecular weight is 607 g/mol. The van der Waals surface area contributed by atoms with Crippen LogP contribution in [0.5, 0.6) is 11.5 Å². The van der Waals surface area contributed by atoms with Crippen LogP contribution in [-0.2, 0) is 14.9 Å². The quantitative estimate of drug-likeness (QED) is 0.230.